The van der Waals surface area contributed by atoms with Gasteiger partial charge < -0.3 is 5.32 Å². The highest BCUT2D eigenvalue weighted by molar-refractivity contribution is 6.35. The molecule has 156 valence electrons. The molecule has 11 heteroatoms. The van der Waals surface area contributed by atoms with Gasteiger partial charge in [0, 0.05) is 30.2 Å². The van der Waals surface area contributed by atoms with E-state index in [0.29, 0.717) is 33.2 Å². The SMILES string of the molecule is CC(C)NC(=O)Nc1nc(-c2ccn(C)n2)c(-c2cc(Cl)c3[nH]ncc3c2)nc1C#N. The second-order valence-corrected chi connectivity index (χ2v) is 7.56. The Kier molecular flexibility index (Phi) is 5.27. The van der Waals surface area contributed by atoms with Crippen LogP contribution >= 0.6 is 11.6 Å². The highest BCUT2D eigenvalue weighted by Crippen LogP contribution is 2.34. The number of benzene rings is 1. The average Bonchev–Trinajstić information content (AvgIpc) is 3.36. The Balaban J connectivity index is 1.91. The van der Waals surface area contributed by atoms with E-state index >= 15 is 0 Å². The Bertz CT molecular complexity index is 1330. The lowest BCUT2D eigenvalue weighted by Gasteiger charge is -2.13. The number of halogens is 1. The highest BCUT2D eigenvalue weighted by atomic mass is 35.5. The molecule has 4 rings (SSSR count). The number of aromatic nitrogens is 6. The van der Waals surface area contributed by atoms with Crippen LogP contribution in [0, 0.1) is 11.3 Å². The summed E-state index contributed by atoms with van der Waals surface area (Å²) in [6.07, 6.45) is 3.42. The largest absolute Gasteiger partial charge is 0.336 e. The van der Waals surface area contributed by atoms with E-state index in [-0.39, 0.29) is 17.6 Å². The van der Waals surface area contributed by atoms with Crippen LogP contribution < -0.4 is 10.6 Å². The Morgan fingerprint density at radius 1 is 1.29 bits per heavy atom. The van der Waals surface area contributed by atoms with Crippen LogP contribution in [-0.2, 0) is 7.05 Å². The van der Waals surface area contributed by atoms with Gasteiger partial charge in [-0.3, -0.25) is 15.1 Å². The standard InChI is InChI=1S/C20H18ClN9O/c1-10(2)24-20(31)27-19-15(8-22)25-17(18(26-19)14-4-5-30(3)29-14)11-6-12-9-23-28-16(12)13(21)7-11/h4-7,9-10H,1-3H3,(H,23,28)(H2,24,26,27,31). The maximum atomic E-state index is 12.2. The van der Waals surface area contributed by atoms with Crippen molar-refractivity contribution in [2.24, 2.45) is 7.05 Å². The van der Waals surface area contributed by atoms with Crippen LogP contribution in [0.2, 0.25) is 5.02 Å². The predicted molar refractivity (Wildman–Crippen MR) is 116 cm³/mol. The summed E-state index contributed by atoms with van der Waals surface area (Å²) >= 11 is 6.41. The number of amides is 2. The predicted octanol–water partition coefficient (Wildman–Crippen LogP) is 3.48. The number of carbonyl (C=O) groups excluding carboxylic acids is 1. The summed E-state index contributed by atoms with van der Waals surface area (Å²) in [5.74, 6) is 0.0422. The minimum absolute atomic E-state index is 0.0306. The molecular formula is C20H18ClN9O. The maximum absolute atomic E-state index is 12.2. The van der Waals surface area contributed by atoms with Crippen molar-refractivity contribution in [1.29, 1.82) is 5.26 Å². The van der Waals surface area contributed by atoms with Crippen molar-refractivity contribution in [1.82, 2.24) is 35.3 Å². The third-order valence-corrected chi connectivity index (χ3v) is 4.68. The number of hydrogen-bond acceptors (Lipinski definition) is 6. The van der Waals surface area contributed by atoms with Gasteiger partial charge in [0.1, 0.15) is 23.2 Å². The van der Waals surface area contributed by atoms with Crippen LogP contribution in [0.1, 0.15) is 19.5 Å². The first-order valence-corrected chi connectivity index (χ1v) is 9.76. The molecule has 0 radical (unpaired) electrons. The summed E-state index contributed by atoms with van der Waals surface area (Å²) in [6.45, 7) is 3.66. The number of aromatic amines is 1. The van der Waals surface area contributed by atoms with Gasteiger partial charge in [0.2, 0.25) is 0 Å². The van der Waals surface area contributed by atoms with Gasteiger partial charge in [0.25, 0.3) is 0 Å². The second-order valence-electron chi connectivity index (χ2n) is 7.15. The smallest absolute Gasteiger partial charge is 0.320 e. The van der Waals surface area contributed by atoms with Gasteiger partial charge in [-0.25, -0.2) is 14.8 Å². The Morgan fingerprint density at radius 2 is 2.10 bits per heavy atom. The van der Waals surface area contributed by atoms with Crippen LogP contribution in [0.5, 0.6) is 0 Å². The fourth-order valence-electron chi connectivity index (χ4n) is 3.08. The Morgan fingerprint density at radius 3 is 2.77 bits per heavy atom. The lowest BCUT2D eigenvalue weighted by atomic mass is 10.1. The first-order chi connectivity index (χ1) is 14.9. The molecule has 1 aromatic carbocycles. The number of H-pyrrole nitrogens is 1. The molecule has 0 saturated carbocycles. The molecule has 0 aliphatic heterocycles. The van der Waals surface area contributed by atoms with E-state index in [1.807, 2.05) is 26.0 Å². The molecule has 31 heavy (non-hydrogen) atoms. The van der Waals surface area contributed by atoms with Gasteiger partial charge in [-0.2, -0.15) is 15.5 Å². The van der Waals surface area contributed by atoms with Crippen molar-refractivity contribution >= 4 is 34.4 Å². The van der Waals surface area contributed by atoms with E-state index in [1.165, 1.54) is 0 Å². The van der Waals surface area contributed by atoms with Gasteiger partial charge in [-0.15, -0.1) is 0 Å². The van der Waals surface area contributed by atoms with Crippen LogP contribution in [0.4, 0.5) is 10.6 Å². The van der Waals surface area contributed by atoms with Crippen molar-refractivity contribution in [3.05, 3.63) is 41.3 Å². The Labute approximate surface area is 182 Å². The Hall–Kier alpha value is -3.97. The van der Waals surface area contributed by atoms with Crippen LogP contribution in [0.15, 0.2) is 30.6 Å². The third kappa shape index (κ3) is 4.04. The van der Waals surface area contributed by atoms with E-state index in [2.05, 4.69) is 35.9 Å². The van der Waals surface area contributed by atoms with E-state index in [0.717, 1.165) is 5.39 Å². The molecule has 3 heterocycles. The van der Waals surface area contributed by atoms with Crippen LogP contribution in [0.3, 0.4) is 0 Å². The zero-order chi connectivity index (χ0) is 22.1. The number of aryl methyl sites for hydroxylation is 1. The molecule has 4 aromatic rings. The number of rotatable bonds is 4. The first kappa shape index (κ1) is 20.3. The minimum atomic E-state index is -0.483. The summed E-state index contributed by atoms with van der Waals surface area (Å²) in [6, 6.07) is 6.77. The lowest BCUT2D eigenvalue weighted by Crippen LogP contribution is -2.34. The number of hydrogen-bond donors (Lipinski definition) is 3. The summed E-state index contributed by atoms with van der Waals surface area (Å²) in [7, 11) is 1.78. The van der Waals surface area contributed by atoms with Crippen molar-refractivity contribution in [3.8, 4) is 28.7 Å². The van der Waals surface area contributed by atoms with Gasteiger partial charge >= 0.3 is 6.03 Å². The minimum Gasteiger partial charge on any atom is -0.336 e. The van der Waals surface area contributed by atoms with Gasteiger partial charge in [-0.05, 0) is 32.0 Å². The maximum Gasteiger partial charge on any atom is 0.320 e. The van der Waals surface area contributed by atoms with Crippen molar-refractivity contribution < 1.29 is 4.79 Å². The van der Waals surface area contributed by atoms with E-state index in [4.69, 9.17) is 11.6 Å². The van der Waals surface area contributed by atoms with Crippen LogP contribution in [0.25, 0.3) is 33.5 Å². The van der Waals surface area contributed by atoms with E-state index < -0.39 is 6.03 Å². The molecular weight excluding hydrogens is 418 g/mol. The number of nitrogens with one attached hydrogen (secondary N) is 3. The quantitative estimate of drug-likeness (QED) is 0.448. The summed E-state index contributed by atoms with van der Waals surface area (Å²) in [5.41, 5.74) is 2.65. The summed E-state index contributed by atoms with van der Waals surface area (Å²) in [4.78, 5) is 21.3. The van der Waals surface area contributed by atoms with Crippen molar-refractivity contribution in [2.45, 2.75) is 19.9 Å². The molecule has 3 N–H and O–H groups in total. The normalized spacial score (nSPS) is 11.0. The average molecular weight is 436 g/mol. The van der Waals surface area contributed by atoms with Gasteiger partial charge in [0.05, 0.1) is 16.7 Å². The highest BCUT2D eigenvalue weighted by Gasteiger charge is 2.21. The van der Waals surface area contributed by atoms with Crippen molar-refractivity contribution in [2.75, 3.05) is 5.32 Å². The van der Waals surface area contributed by atoms with Crippen LogP contribution in [-0.4, -0.2) is 42.0 Å². The monoisotopic (exact) mass is 435 g/mol. The zero-order valence-corrected chi connectivity index (χ0v) is 17.7. The molecule has 2 amide bonds. The van der Waals surface area contributed by atoms with Gasteiger partial charge in [-0.1, -0.05) is 11.6 Å². The molecule has 0 aliphatic carbocycles. The molecule has 0 unspecified atom stereocenters. The number of fused-ring (bicyclic) bond motifs is 1. The number of urea groups is 1. The molecule has 0 aliphatic rings. The third-order valence-electron chi connectivity index (χ3n) is 4.38. The number of nitrogens with zero attached hydrogens (tertiary/aromatic N) is 6. The molecule has 0 fully saturated rings. The van der Waals surface area contributed by atoms with E-state index in [1.54, 1.807) is 36.3 Å². The molecule has 0 spiro atoms. The summed E-state index contributed by atoms with van der Waals surface area (Å²) in [5, 5.41) is 27.5. The fraction of sp³-hybridized carbons (Fsp3) is 0.200. The molecule has 10 nitrogen and oxygen atoms in total. The molecule has 3 aromatic heterocycles. The topological polar surface area (TPSA) is 137 Å². The number of carbonyl (C=O) groups is 1. The molecule has 0 saturated heterocycles. The summed E-state index contributed by atoms with van der Waals surface area (Å²) < 4.78 is 1.63. The molecule has 0 atom stereocenters. The molecule has 0 bridgehead atoms. The number of anilines is 1. The van der Waals surface area contributed by atoms with Crippen molar-refractivity contribution in [3.63, 3.8) is 0 Å². The zero-order valence-electron chi connectivity index (χ0n) is 16.9. The lowest BCUT2D eigenvalue weighted by molar-refractivity contribution is 0.250. The van der Waals surface area contributed by atoms with E-state index in [9.17, 15) is 10.1 Å². The number of nitriles is 1. The second kappa shape index (κ2) is 8.04. The fourth-order valence-corrected chi connectivity index (χ4v) is 3.35. The first-order valence-electron chi connectivity index (χ1n) is 9.38. The van der Waals surface area contributed by atoms with Gasteiger partial charge in [0.15, 0.2) is 11.5 Å².